The molecule has 0 saturated carbocycles. The summed E-state index contributed by atoms with van der Waals surface area (Å²) in [5.41, 5.74) is 0.852. The van der Waals surface area contributed by atoms with Gasteiger partial charge in [-0.15, -0.1) is 10.2 Å². The van der Waals surface area contributed by atoms with Crippen LogP contribution in [0.4, 0.5) is 11.6 Å². The predicted molar refractivity (Wildman–Crippen MR) is 122 cm³/mol. The molecule has 0 spiro atoms. The van der Waals surface area contributed by atoms with Gasteiger partial charge < -0.3 is 14.7 Å². The second-order valence-corrected chi connectivity index (χ2v) is 8.49. The van der Waals surface area contributed by atoms with Crippen LogP contribution in [0.25, 0.3) is 6.08 Å². The van der Waals surface area contributed by atoms with E-state index < -0.39 is 0 Å². The molecule has 0 N–H and O–H groups in total. The largest absolute Gasteiger partial charge is 0.355 e. The van der Waals surface area contributed by atoms with Gasteiger partial charge in [0.1, 0.15) is 0 Å². The van der Waals surface area contributed by atoms with E-state index in [2.05, 4.69) is 39.1 Å². The van der Waals surface area contributed by atoms with E-state index in [0.717, 1.165) is 49.3 Å². The van der Waals surface area contributed by atoms with E-state index >= 15 is 0 Å². The Morgan fingerprint density at radius 1 is 0.933 bits per heavy atom. The Labute approximate surface area is 183 Å². The number of carbonyl (C=O) groups is 1. The summed E-state index contributed by atoms with van der Waals surface area (Å²) in [5.74, 6) is 2.65. The molecule has 0 atom stereocenters. The summed E-state index contributed by atoms with van der Waals surface area (Å²) in [4.78, 5) is 18.9. The summed E-state index contributed by atoms with van der Waals surface area (Å²) < 4.78 is 0. The van der Waals surface area contributed by atoms with Crippen LogP contribution in [0.5, 0.6) is 0 Å². The van der Waals surface area contributed by atoms with Gasteiger partial charge in [0.2, 0.25) is 5.91 Å². The highest BCUT2D eigenvalue weighted by atomic mass is 35.5. The number of benzene rings is 1. The average Bonchev–Trinajstić information content (AvgIpc) is 2.79. The third-order valence-corrected chi connectivity index (χ3v) is 6.31. The lowest BCUT2D eigenvalue weighted by Crippen LogP contribution is -2.48. The quantitative estimate of drug-likeness (QED) is 0.698. The first-order valence-corrected chi connectivity index (χ1v) is 11.0. The first kappa shape index (κ1) is 20.7. The van der Waals surface area contributed by atoms with E-state index in [9.17, 15) is 4.79 Å². The second-order valence-electron chi connectivity index (χ2n) is 8.09. The zero-order valence-corrected chi connectivity index (χ0v) is 18.1. The molecule has 6 nitrogen and oxygen atoms in total. The molecule has 0 radical (unpaired) electrons. The maximum absolute atomic E-state index is 12.5. The van der Waals surface area contributed by atoms with Gasteiger partial charge in [-0.05, 0) is 48.6 Å². The molecule has 7 heteroatoms. The Morgan fingerprint density at radius 3 is 2.13 bits per heavy atom. The van der Waals surface area contributed by atoms with E-state index in [1.807, 2.05) is 29.2 Å². The topological polar surface area (TPSA) is 52.6 Å². The van der Waals surface area contributed by atoms with Gasteiger partial charge in [-0.3, -0.25) is 4.79 Å². The van der Waals surface area contributed by atoms with Gasteiger partial charge in [-0.1, -0.05) is 36.7 Å². The SMILES string of the molecule is CC1CCN(c2ccc(N3CCN(C(=O)/C=C/c4ccccc4Cl)CC3)nn2)CC1. The molecular formula is C23H28ClN5O. The van der Waals surface area contributed by atoms with Crippen LogP contribution in [0.15, 0.2) is 42.5 Å². The molecule has 30 heavy (non-hydrogen) atoms. The highest BCUT2D eigenvalue weighted by Crippen LogP contribution is 2.22. The molecule has 1 aromatic carbocycles. The van der Waals surface area contributed by atoms with Crippen molar-refractivity contribution in [1.29, 1.82) is 0 Å². The second kappa shape index (κ2) is 9.47. The Balaban J connectivity index is 1.30. The van der Waals surface area contributed by atoms with Crippen LogP contribution in [0.3, 0.4) is 0 Å². The fourth-order valence-electron chi connectivity index (χ4n) is 3.93. The van der Waals surface area contributed by atoms with E-state index in [1.54, 1.807) is 12.2 Å². The van der Waals surface area contributed by atoms with Gasteiger partial charge in [0, 0.05) is 50.4 Å². The highest BCUT2D eigenvalue weighted by Gasteiger charge is 2.22. The molecule has 1 aromatic heterocycles. The predicted octanol–water partition coefficient (Wildman–Crippen LogP) is 3.73. The molecule has 3 heterocycles. The molecular weight excluding hydrogens is 398 g/mol. The fraction of sp³-hybridized carbons (Fsp3) is 0.435. The summed E-state index contributed by atoms with van der Waals surface area (Å²) in [7, 11) is 0. The van der Waals surface area contributed by atoms with E-state index in [1.165, 1.54) is 12.8 Å². The molecule has 0 unspecified atom stereocenters. The molecule has 2 saturated heterocycles. The van der Waals surface area contributed by atoms with Crippen LogP contribution in [0.1, 0.15) is 25.3 Å². The number of piperidine rings is 1. The minimum Gasteiger partial charge on any atom is -0.355 e. The number of carbonyl (C=O) groups excluding carboxylic acids is 1. The van der Waals surface area contributed by atoms with Crippen LogP contribution < -0.4 is 9.80 Å². The highest BCUT2D eigenvalue weighted by molar-refractivity contribution is 6.32. The van der Waals surface area contributed by atoms with Crippen molar-refractivity contribution >= 4 is 35.2 Å². The van der Waals surface area contributed by atoms with Gasteiger partial charge in [0.15, 0.2) is 11.6 Å². The lowest BCUT2D eigenvalue weighted by molar-refractivity contribution is -0.126. The van der Waals surface area contributed by atoms with Crippen molar-refractivity contribution < 1.29 is 4.79 Å². The lowest BCUT2D eigenvalue weighted by atomic mass is 9.99. The van der Waals surface area contributed by atoms with Gasteiger partial charge in [-0.2, -0.15) is 0 Å². The molecule has 0 bridgehead atoms. The van der Waals surface area contributed by atoms with Crippen molar-refractivity contribution in [2.75, 3.05) is 49.1 Å². The maximum atomic E-state index is 12.5. The van der Waals surface area contributed by atoms with Crippen LogP contribution >= 0.6 is 11.6 Å². The van der Waals surface area contributed by atoms with Crippen molar-refractivity contribution in [3.05, 3.63) is 53.1 Å². The van der Waals surface area contributed by atoms with Crippen molar-refractivity contribution in [3.8, 4) is 0 Å². The number of rotatable bonds is 4. The number of halogens is 1. The summed E-state index contributed by atoms with van der Waals surface area (Å²) in [6.45, 7) is 7.25. The van der Waals surface area contributed by atoms with Gasteiger partial charge in [0.05, 0.1) is 0 Å². The first-order valence-electron chi connectivity index (χ1n) is 10.7. The van der Waals surface area contributed by atoms with Gasteiger partial charge >= 0.3 is 0 Å². The van der Waals surface area contributed by atoms with Gasteiger partial charge in [-0.25, -0.2) is 0 Å². The van der Waals surface area contributed by atoms with Crippen LogP contribution in [0.2, 0.25) is 5.02 Å². The molecule has 2 fully saturated rings. The van der Waals surface area contributed by atoms with Crippen LogP contribution in [-0.2, 0) is 4.79 Å². The Bertz CT molecular complexity index is 885. The summed E-state index contributed by atoms with van der Waals surface area (Å²) in [6.07, 6.45) is 5.81. The normalized spacial score (nSPS) is 18.3. The van der Waals surface area contributed by atoms with Crippen molar-refractivity contribution in [2.24, 2.45) is 5.92 Å². The number of hydrogen-bond donors (Lipinski definition) is 0. The summed E-state index contributed by atoms with van der Waals surface area (Å²) in [6, 6.07) is 11.6. The third-order valence-electron chi connectivity index (χ3n) is 5.97. The van der Waals surface area contributed by atoms with Crippen LogP contribution in [-0.4, -0.2) is 60.3 Å². The zero-order chi connectivity index (χ0) is 20.9. The maximum Gasteiger partial charge on any atom is 0.246 e. The zero-order valence-electron chi connectivity index (χ0n) is 17.4. The first-order chi connectivity index (χ1) is 14.6. The summed E-state index contributed by atoms with van der Waals surface area (Å²) in [5, 5.41) is 9.56. The third kappa shape index (κ3) is 4.93. The molecule has 2 aliphatic heterocycles. The molecule has 158 valence electrons. The number of anilines is 2. The average molecular weight is 426 g/mol. The molecule has 0 aliphatic carbocycles. The standard InChI is InChI=1S/C23H28ClN5O/c1-18-10-12-27(13-11-18)21-7-8-22(26-25-21)28-14-16-29(17-15-28)23(30)9-6-19-4-2-3-5-20(19)24/h2-9,18H,10-17H2,1H3/b9-6+. The Kier molecular flexibility index (Phi) is 6.53. The van der Waals surface area contributed by atoms with Crippen molar-refractivity contribution in [1.82, 2.24) is 15.1 Å². The molecule has 4 rings (SSSR count). The smallest absolute Gasteiger partial charge is 0.246 e. The Morgan fingerprint density at radius 2 is 1.53 bits per heavy atom. The number of hydrogen-bond acceptors (Lipinski definition) is 5. The van der Waals surface area contributed by atoms with E-state index in [0.29, 0.717) is 18.1 Å². The number of amides is 1. The van der Waals surface area contributed by atoms with Crippen molar-refractivity contribution in [3.63, 3.8) is 0 Å². The Hall–Kier alpha value is -2.60. The lowest BCUT2D eigenvalue weighted by Gasteiger charge is -2.35. The number of piperazine rings is 1. The van der Waals surface area contributed by atoms with Crippen LogP contribution in [0, 0.1) is 5.92 Å². The van der Waals surface area contributed by atoms with E-state index in [-0.39, 0.29) is 5.91 Å². The van der Waals surface area contributed by atoms with Gasteiger partial charge in [0.25, 0.3) is 0 Å². The summed E-state index contributed by atoms with van der Waals surface area (Å²) >= 11 is 6.15. The fourth-order valence-corrected chi connectivity index (χ4v) is 4.12. The minimum atomic E-state index is 0.00956. The monoisotopic (exact) mass is 425 g/mol. The van der Waals surface area contributed by atoms with Crippen molar-refractivity contribution in [2.45, 2.75) is 19.8 Å². The molecule has 2 aromatic rings. The minimum absolute atomic E-state index is 0.00956. The number of aromatic nitrogens is 2. The molecule has 1 amide bonds. The molecule has 2 aliphatic rings. The van der Waals surface area contributed by atoms with E-state index in [4.69, 9.17) is 11.6 Å². The number of nitrogens with zero attached hydrogens (tertiary/aromatic N) is 5.